The van der Waals surface area contributed by atoms with Gasteiger partial charge >= 0.3 is 0 Å². The van der Waals surface area contributed by atoms with Crippen LogP contribution in [-0.4, -0.2) is 125 Å². The fourth-order valence-electron chi connectivity index (χ4n) is 4.64. The second-order valence-electron chi connectivity index (χ2n) is 9.92. The Kier molecular flexibility index (Phi) is 8.27. The van der Waals surface area contributed by atoms with E-state index in [1.165, 1.54) is 0 Å². The minimum absolute atomic E-state index is 0.151. The molecule has 43 heavy (non-hydrogen) atoms. The summed E-state index contributed by atoms with van der Waals surface area (Å²) >= 11 is 0. The standard InChI is InChI=1S/C26H28O17/c27-5-13-16(33)19(36)21(38)26(41-13)43-24-18(35)14-10(30)4-12(40-25-20(37)15(32)11(31)6-39-25)17(34)23(14)42-22(24)7-1-2-8(28)9(29)3-7/h1-4,11,13,15-16,19-21,25-34,36-38H,5-6H2/t11-,13+,15-,16+,19-,20+,21+,25-,26-/m0/s1. The maximum atomic E-state index is 13.7. The number of phenolic OH excluding ortho intramolecular Hbond substituents is 4. The number of rotatable bonds is 6. The SMILES string of the molecule is O=c1c(O[C@@H]2O[C@H](CO)[C@@H](O)[C@H](O)[C@H]2O)c(-c2ccc(O)c(O)c2)oc2c(O)c(O[C@@H]3OC[C@H](O)[C@H](O)[C@H]3O)cc(O)c12. The first-order valence-electron chi connectivity index (χ1n) is 12.7. The Balaban J connectivity index is 1.65. The Bertz CT molecular complexity index is 1550. The molecular formula is C26H28O17. The average molecular weight is 612 g/mol. The highest BCUT2D eigenvalue weighted by Gasteiger charge is 2.46. The Morgan fingerprint density at radius 1 is 0.791 bits per heavy atom. The van der Waals surface area contributed by atoms with Crippen molar-refractivity contribution < 1.29 is 79.5 Å². The number of phenols is 4. The lowest BCUT2D eigenvalue weighted by molar-refractivity contribution is -0.277. The molecule has 17 heteroatoms. The van der Waals surface area contributed by atoms with Crippen LogP contribution >= 0.6 is 0 Å². The van der Waals surface area contributed by atoms with Crippen LogP contribution in [0.4, 0.5) is 0 Å². The van der Waals surface area contributed by atoms with E-state index in [0.29, 0.717) is 0 Å². The second-order valence-corrected chi connectivity index (χ2v) is 9.92. The Morgan fingerprint density at radius 2 is 1.49 bits per heavy atom. The normalized spacial score (nSPS) is 31.2. The van der Waals surface area contributed by atoms with Crippen molar-refractivity contribution in [3.63, 3.8) is 0 Å². The van der Waals surface area contributed by atoms with E-state index >= 15 is 0 Å². The van der Waals surface area contributed by atoms with Crippen molar-refractivity contribution in [2.75, 3.05) is 13.2 Å². The zero-order valence-corrected chi connectivity index (χ0v) is 21.8. The van der Waals surface area contributed by atoms with Crippen LogP contribution in [0.15, 0.2) is 33.5 Å². The van der Waals surface area contributed by atoms with E-state index in [2.05, 4.69) is 0 Å². The van der Waals surface area contributed by atoms with Crippen LogP contribution in [-0.2, 0) is 9.47 Å². The molecule has 234 valence electrons. The lowest BCUT2D eigenvalue weighted by Crippen LogP contribution is -2.60. The summed E-state index contributed by atoms with van der Waals surface area (Å²) in [6.45, 7) is -1.27. The molecule has 2 aliphatic rings. The average Bonchev–Trinajstić information content (AvgIpc) is 2.98. The van der Waals surface area contributed by atoms with Gasteiger partial charge in [0.1, 0.15) is 53.9 Å². The summed E-state index contributed by atoms with van der Waals surface area (Å²) < 4.78 is 27.1. The highest BCUT2D eigenvalue weighted by atomic mass is 16.7. The molecule has 0 unspecified atom stereocenters. The summed E-state index contributed by atoms with van der Waals surface area (Å²) in [5, 5.41) is 111. The quantitative estimate of drug-likeness (QED) is 0.0995. The predicted octanol–water partition coefficient (Wildman–Crippen LogP) is -2.72. The molecular weight excluding hydrogens is 584 g/mol. The summed E-state index contributed by atoms with van der Waals surface area (Å²) in [5.41, 5.74) is -2.05. The van der Waals surface area contributed by atoms with Crippen molar-refractivity contribution in [2.45, 2.75) is 55.3 Å². The van der Waals surface area contributed by atoms with Crippen LogP contribution < -0.4 is 14.9 Å². The summed E-state index contributed by atoms with van der Waals surface area (Å²) in [4.78, 5) is 13.7. The van der Waals surface area contributed by atoms with Gasteiger partial charge in [0.25, 0.3) is 0 Å². The summed E-state index contributed by atoms with van der Waals surface area (Å²) in [5.74, 6) is -4.96. The van der Waals surface area contributed by atoms with Crippen molar-refractivity contribution in [3.05, 3.63) is 34.5 Å². The minimum atomic E-state index is -1.97. The fraction of sp³-hybridized carbons (Fsp3) is 0.423. The number of hydrogen-bond acceptors (Lipinski definition) is 17. The number of ether oxygens (including phenoxy) is 4. The molecule has 0 saturated carbocycles. The second kappa shape index (κ2) is 11.6. The molecule has 2 aliphatic heterocycles. The Hall–Kier alpha value is -3.91. The molecule has 0 radical (unpaired) electrons. The fourth-order valence-corrected chi connectivity index (χ4v) is 4.64. The number of fused-ring (bicyclic) bond motifs is 1. The number of aromatic hydroxyl groups is 4. The molecule has 3 aromatic rings. The molecule has 3 heterocycles. The monoisotopic (exact) mass is 612 g/mol. The third kappa shape index (κ3) is 5.37. The van der Waals surface area contributed by atoms with Crippen LogP contribution in [0.5, 0.6) is 34.5 Å². The van der Waals surface area contributed by atoms with E-state index in [1.807, 2.05) is 0 Å². The molecule has 0 amide bonds. The van der Waals surface area contributed by atoms with Crippen LogP contribution in [0, 0.1) is 0 Å². The van der Waals surface area contributed by atoms with E-state index in [-0.39, 0.29) is 5.56 Å². The molecule has 11 N–H and O–H groups in total. The molecule has 0 aliphatic carbocycles. The van der Waals surface area contributed by atoms with Gasteiger partial charge in [-0.2, -0.15) is 0 Å². The van der Waals surface area contributed by atoms with Gasteiger partial charge < -0.3 is 79.5 Å². The van der Waals surface area contributed by atoms with Crippen LogP contribution in [0.2, 0.25) is 0 Å². The van der Waals surface area contributed by atoms with Crippen molar-refractivity contribution in [2.24, 2.45) is 0 Å². The van der Waals surface area contributed by atoms with E-state index in [4.69, 9.17) is 23.4 Å². The Labute approximate surface area is 239 Å². The summed E-state index contributed by atoms with van der Waals surface area (Å²) in [6.07, 6.45) is -15.5. The zero-order valence-electron chi connectivity index (χ0n) is 21.8. The maximum absolute atomic E-state index is 13.7. The molecule has 2 aromatic carbocycles. The van der Waals surface area contributed by atoms with E-state index in [1.54, 1.807) is 0 Å². The molecule has 9 atom stereocenters. The minimum Gasteiger partial charge on any atom is -0.507 e. The maximum Gasteiger partial charge on any atom is 0.239 e. The molecule has 2 fully saturated rings. The van der Waals surface area contributed by atoms with E-state index in [9.17, 15) is 61.0 Å². The largest absolute Gasteiger partial charge is 0.507 e. The van der Waals surface area contributed by atoms with Gasteiger partial charge in [-0.3, -0.25) is 4.79 Å². The molecule has 0 bridgehead atoms. The van der Waals surface area contributed by atoms with Gasteiger partial charge in [-0.25, -0.2) is 0 Å². The Morgan fingerprint density at radius 3 is 2.16 bits per heavy atom. The van der Waals surface area contributed by atoms with E-state index < -0.39 is 125 Å². The highest BCUT2D eigenvalue weighted by Crippen LogP contribution is 2.44. The summed E-state index contributed by atoms with van der Waals surface area (Å²) in [7, 11) is 0. The van der Waals surface area contributed by atoms with Crippen molar-refractivity contribution in [1.29, 1.82) is 0 Å². The third-order valence-electron chi connectivity index (χ3n) is 7.06. The van der Waals surface area contributed by atoms with Gasteiger partial charge in [0.15, 0.2) is 28.6 Å². The van der Waals surface area contributed by atoms with Crippen LogP contribution in [0.1, 0.15) is 0 Å². The number of hydrogen-bond donors (Lipinski definition) is 11. The summed E-state index contributed by atoms with van der Waals surface area (Å²) in [6, 6.07) is 3.88. The number of aliphatic hydroxyl groups is 7. The number of aliphatic hydroxyl groups excluding tert-OH is 7. The first-order valence-corrected chi connectivity index (χ1v) is 12.7. The van der Waals surface area contributed by atoms with Crippen molar-refractivity contribution in [1.82, 2.24) is 0 Å². The third-order valence-corrected chi connectivity index (χ3v) is 7.06. The molecule has 1 aromatic heterocycles. The zero-order chi connectivity index (χ0) is 31.3. The van der Waals surface area contributed by atoms with Gasteiger partial charge in [-0.05, 0) is 18.2 Å². The van der Waals surface area contributed by atoms with Crippen LogP contribution in [0.25, 0.3) is 22.3 Å². The van der Waals surface area contributed by atoms with Crippen LogP contribution in [0.3, 0.4) is 0 Å². The van der Waals surface area contributed by atoms with Crippen molar-refractivity contribution >= 4 is 11.0 Å². The topological polar surface area (TPSA) is 290 Å². The molecule has 17 nitrogen and oxygen atoms in total. The highest BCUT2D eigenvalue weighted by molar-refractivity contribution is 5.93. The van der Waals surface area contributed by atoms with Gasteiger partial charge in [-0.15, -0.1) is 0 Å². The predicted molar refractivity (Wildman–Crippen MR) is 137 cm³/mol. The van der Waals surface area contributed by atoms with Gasteiger partial charge in [0, 0.05) is 11.6 Å². The van der Waals surface area contributed by atoms with Gasteiger partial charge in [-0.1, -0.05) is 0 Å². The first kappa shape index (κ1) is 30.5. The van der Waals surface area contributed by atoms with Gasteiger partial charge in [0.2, 0.25) is 29.5 Å². The molecule has 2 saturated heterocycles. The first-order chi connectivity index (χ1) is 20.3. The van der Waals surface area contributed by atoms with Crippen molar-refractivity contribution in [3.8, 4) is 45.8 Å². The lowest BCUT2D eigenvalue weighted by atomic mass is 9.99. The van der Waals surface area contributed by atoms with E-state index in [0.717, 1.165) is 24.3 Å². The smallest absolute Gasteiger partial charge is 0.239 e. The molecule has 0 spiro atoms. The lowest BCUT2D eigenvalue weighted by Gasteiger charge is -2.39. The molecule has 5 rings (SSSR count). The number of benzene rings is 2. The van der Waals surface area contributed by atoms with Gasteiger partial charge in [0.05, 0.1) is 13.2 Å².